The maximum atomic E-state index is 12.3. The number of aldehydes is 1. The van der Waals surface area contributed by atoms with Crippen LogP contribution in [0.15, 0.2) is 18.2 Å². The van der Waals surface area contributed by atoms with Gasteiger partial charge >= 0.3 is 12.4 Å². The molecule has 88 valence electrons. The zero-order valence-electron chi connectivity index (χ0n) is 7.49. The summed E-state index contributed by atoms with van der Waals surface area (Å²) in [6, 6.07) is 0.849. The van der Waals surface area contributed by atoms with Crippen LogP contribution in [-0.4, -0.2) is 6.29 Å². The molecule has 1 aromatic rings. The van der Waals surface area contributed by atoms with Crippen molar-refractivity contribution in [3.8, 4) is 0 Å². The lowest BCUT2D eigenvalue weighted by Gasteiger charge is -2.12. The van der Waals surface area contributed by atoms with E-state index in [4.69, 9.17) is 0 Å². The van der Waals surface area contributed by atoms with Gasteiger partial charge in [0.1, 0.15) is 0 Å². The van der Waals surface area contributed by atoms with Crippen molar-refractivity contribution in [3.63, 3.8) is 0 Å². The minimum absolute atomic E-state index is 0.0796. The van der Waals surface area contributed by atoms with Crippen LogP contribution in [-0.2, 0) is 12.4 Å². The van der Waals surface area contributed by atoms with E-state index in [1.54, 1.807) is 0 Å². The summed E-state index contributed by atoms with van der Waals surface area (Å²) in [4.78, 5) is 10.3. The van der Waals surface area contributed by atoms with Crippen molar-refractivity contribution in [1.29, 1.82) is 0 Å². The highest BCUT2D eigenvalue weighted by Gasteiger charge is 2.37. The van der Waals surface area contributed by atoms with Gasteiger partial charge in [0.15, 0.2) is 6.29 Å². The lowest BCUT2D eigenvalue weighted by Crippen LogP contribution is -2.13. The van der Waals surface area contributed by atoms with Crippen molar-refractivity contribution >= 4 is 6.29 Å². The van der Waals surface area contributed by atoms with Gasteiger partial charge in [-0.05, 0) is 12.1 Å². The Balaban J connectivity index is 3.39. The standard InChI is InChI=1S/C9H4F6O/c10-8(11,12)6-2-1-5(4-16)7(3-6)9(13,14)15/h1-4H. The van der Waals surface area contributed by atoms with Crippen LogP contribution >= 0.6 is 0 Å². The number of alkyl halides is 6. The molecular formula is C9H4F6O. The van der Waals surface area contributed by atoms with Gasteiger partial charge in [-0.25, -0.2) is 0 Å². The normalized spacial score (nSPS) is 12.6. The number of carbonyl (C=O) groups excluding carboxylic acids is 1. The summed E-state index contributed by atoms with van der Waals surface area (Å²) in [5.41, 5.74) is -3.84. The van der Waals surface area contributed by atoms with Crippen molar-refractivity contribution in [2.45, 2.75) is 12.4 Å². The molecule has 0 radical (unpaired) electrons. The lowest BCUT2D eigenvalue weighted by atomic mass is 10.0. The van der Waals surface area contributed by atoms with Crippen LogP contribution < -0.4 is 0 Å². The average molecular weight is 242 g/mol. The Morgan fingerprint density at radius 1 is 0.938 bits per heavy atom. The van der Waals surface area contributed by atoms with Gasteiger partial charge in [0.2, 0.25) is 0 Å². The van der Waals surface area contributed by atoms with Crippen molar-refractivity contribution in [2.24, 2.45) is 0 Å². The van der Waals surface area contributed by atoms with Gasteiger partial charge in [0.05, 0.1) is 11.1 Å². The molecule has 0 saturated carbocycles. The maximum absolute atomic E-state index is 12.3. The quantitative estimate of drug-likeness (QED) is 0.543. The highest BCUT2D eigenvalue weighted by Crippen LogP contribution is 2.36. The van der Waals surface area contributed by atoms with Crippen molar-refractivity contribution in [3.05, 3.63) is 34.9 Å². The number of carbonyl (C=O) groups is 1. The van der Waals surface area contributed by atoms with Crippen molar-refractivity contribution < 1.29 is 31.1 Å². The van der Waals surface area contributed by atoms with E-state index in [2.05, 4.69) is 0 Å². The minimum Gasteiger partial charge on any atom is -0.298 e. The Morgan fingerprint density at radius 2 is 1.50 bits per heavy atom. The molecule has 0 heterocycles. The molecular weight excluding hydrogens is 238 g/mol. The van der Waals surface area contributed by atoms with E-state index in [1.165, 1.54) is 0 Å². The fourth-order valence-corrected chi connectivity index (χ4v) is 1.08. The number of halogens is 6. The summed E-state index contributed by atoms with van der Waals surface area (Å²) in [7, 11) is 0. The van der Waals surface area contributed by atoms with E-state index in [-0.39, 0.29) is 12.4 Å². The fraction of sp³-hybridized carbons (Fsp3) is 0.222. The molecule has 0 aliphatic rings. The van der Waals surface area contributed by atoms with Crippen LogP contribution in [0.1, 0.15) is 21.5 Å². The molecule has 0 aromatic heterocycles. The maximum Gasteiger partial charge on any atom is 0.417 e. The Morgan fingerprint density at radius 3 is 1.88 bits per heavy atom. The van der Waals surface area contributed by atoms with Crippen LogP contribution in [0.25, 0.3) is 0 Å². The third kappa shape index (κ3) is 2.53. The fourth-order valence-electron chi connectivity index (χ4n) is 1.08. The second kappa shape index (κ2) is 3.80. The minimum atomic E-state index is -4.99. The number of hydrogen-bond acceptors (Lipinski definition) is 1. The first-order valence-corrected chi connectivity index (χ1v) is 3.90. The van der Waals surface area contributed by atoms with Crippen LogP contribution in [0.2, 0.25) is 0 Å². The lowest BCUT2D eigenvalue weighted by molar-refractivity contribution is -0.143. The van der Waals surface area contributed by atoms with Crippen LogP contribution in [0.3, 0.4) is 0 Å². The molecule has 0 saturated heterocycles. The topological polar surface area (TPSA) is 17.1 Å². The van der Waals surface area contributed by atoms with Crippen LogP contribution in [0.4, 0.5) is 26.3 Å². The monoisotopic (exact) mass is 242 g/mol. The van der Waals surface area contributed by atoms with E-state index in [1.807, 2.05) is 0 Å². The van der Waals surface area contributed by atoms with Gasteiger partial charge in [0, 0.05) is 5.56 Å². The highest BCUT2D eigenvalue weighted by molar-refractivity contribution is 5.77. The third-order valence-electron chi connectivity index (χ3n) is 1.81. The molecule has 0 amide bonds. The number of rotatable bonds is 1. The number of hydrogen-bond donors (Lipinski definition) is 0. The molecule has 0 fully saturated rings. The Bertz CT molecular complexity index is 403. The van der Waals surface area contributed by atoms with Gasteiger partial charge in [-0.3, -0.25) is 4.79 Å². The molecule has 1 aromatic carbocycles. The second-order valence-corrected chi connectivity index (χ2v) is 2.92. The zero-order valence-corrected chi connectivity index (χ0v) is 7.49. The Hall–Kier alpha value is -1.53. The summed E-state index contributed by atoms with van der Waals surface area (Å²) in [5.74, 6) is 0. The smallest absolute Gasteiger partial charge is 0.298 e. The van der Waals surface area contributed by atoms with E-state index in [0.29, 0.717) is 12.1 Å². The van der Waals surface area contributed by atoms with Crippen LogP contribution in [0.5, 0.6) is 0 Å². The summed E-state index contributed by atoms with van der Waals surface area (Å²) >= 11 is 0. The zero-order chi connectivity index (χ0) is 12.6. The summed E-state index contributed by atoms with van der Waals surface area (Å²) in [6.07, 6.45) is -10.00. The SMILES string of the molecule is O=Cc1ccc(C(F)(F)F)cc1C(F)(F)F. The van der Waals surface area contributed by atoms with E-state index < -0.39 is 29.0 Å². The second-order valence-electron chi connectivity index (χ2n) is 2.92. The van der Waals surface area contributed by atoms with Crippen LogP contribution in [0, 0.1) is 0 Å². The highest BCUT2D eigenvalue weighted by atomic mass is 19.4. The Labute approximate surface area is 85.7 Å². The summed E-state index contributed by atoms with van der Waals surface area (Å²) in [6.45, 7) is 0. The predicted molar refractivity (Wildman–Crippen MR) is 41.8 cm³/mol. The molecule has 0 unspecified atom stereocenters. The molecule has 0 aliphatic heterocycles. The van der Waals surface area contributed by atoms with Gasteiger partial charge in [-0.1, -0.05) is 6.07 Å². The first-order valence-electron chi connectivity index (χ1n) is 3.90. The van der Waals surface area contributed by atoms with E-state index in [0.717, 1.165) is 0 Å². The Kier molecular flexibility index (Phi) is 2.98. The molecule has 0 aliphatic carbocycles. The van der Waals surface area contributed by atoms with E-state index >= 15 is 0 Å². The molecule has 0 spiro atoms. The molecule has 1 nitrogen and oxygen atoms in total. The summed E-state index contributed by atoms with van der Waals surface area (Å²) in [5, 5.41) is 0. The number of benzene rings is 1. The van der Waals surface area contributed by atoms with Gasteiger partial charge in [-0.15, -0.1) is 0 Å². The van der Waals surface area contributed by atoms with Crippen molar-refractivity contribution in [2.75, 3.05) is 0 Å². The molecule has 0 atom stereocenters. The molecule has 7 heteroatoms. The molecule has 1 rings (SSSR count). The first kappa shape index (κ1) is 12.5. The summed E-state index contributed by atoms with van der Waals surface area (Å²) < 4.78 is 73.2. The molecule has 0 N–H and O–H groups in total. The van der Waals surface area contributed by atoms with Gasteiger partial charge in [-0.2, -0.15) is 26.3 Å². The molecule has 16 heavy (non-hydrogen) atoms. The third-order valence-corrected chi connectivity index (χ3v) is 1.81. The predicted octanol–water partition coefficient (Wildman–Crippen LogP) is 3.54. The van der Waals surface area contributed by atoms with Crippen molar-refractivity contribution in [1.82, 2.24) is 0 Å². The molecule has 0 bridgehead atoms. The average Bonchev–Trinajstić information content (AvgIpc) is 2.14. The van der Waals surface area contributed by atoms with Gasteiger partial charge in [0.25, 0.3) is 0 Å². The first-order chi connectivity index (χ1) is 7.16. The largest absolute Gasteiger partial charge is 0.417 e. The van der Waals surface area contributed by atoms with E-state index in [9.17, 15) is 31.1 Å². The van der Waals surface area contributed by atoms with Gasteiger partial charge < -0.3 is 0 Å².